The lowest BCUT2D eigenvalue weighted by molar-refractivity contribution is -0.119. The second-order valence-electron chi connectivity index (χ2n) is 6.52. The quantitative estimate of drug-likeness (QED) is 0.434. The number of benzene rings is 2. The molecule has 9 nitrogen and oxygen atoms in total. The molecule has 1 amide bonds. The summed E-state index contributed by atoms with van der Waals surface area (Å²) in [7, 11) is -2.19. The predicted octanol–water partition coefficient (Wildman–Crippen LogP) is 2.46. The van der Waals surface area contributed by atoms with E-state index < -0.39 is 21.8 Å². The van der Waals surface area contributed by atoms with E-state index in [0.29, 0.717) is 17.3 Å². The van der Waals surface area contributed by atoms with E-state index in [1.165, 1.54) is 25.5 Å². The monoisotopic (exact) mass is 426 g/mol. The van der Waals surface area contributed by atoms with E-state index in [1.807, 2.05) is 24.3 Å². The highest BCUT2D eigenvalue weighted by atomic mass is 32.2. The molecule has 10 heteroatoms. The van der Waals surface area contributed by atoms with Crippen LogP contribution in [0.15, 0.2) is 65.8 Å². The van der Waals surface area contributed by atoms with Gasteiger partial charge in [-0.15, -0.1) is 0 Å². The van der Waals surface area contributed by atoms with Crippen LogP contribution in [0.1, 0.15) is 18.4 Å². The number of rotatable bonds is 8. The molecule has 0 aliphatic carbocycles. The lowest BCUT2D eigenvalue weighted by Crippen LogP contribution is -2.18. The van der Waals surface area contributed by atoms with Crippen molar-refractivity contribution in [3.8, 4) is 0 Å². The molecule has 0 bridgehead atoms. The molecule has 0 aliphatic rings. The van der Waals surface area contributed by atoms with Gasteiger partial charge in [0.25, 0.3) is 0 Å². The molecule has 156 valence electrons. The summed E-state index contributed by atoms with van der Waals surface area (Å²) >= 11 is 0. The summed E-state index contributed by atoms with van der Waals surface area (Å²) in [6.07, 6.45) is 1.38. The Hall–Kier alpha value is -3.50. The van der Waals surface area contributed by atoms with Crippen LogP contribution in [0.25, 0.3) is 0 Å². The van der Waals surface area contributed by atoms with E-state index in [-0.39, 0.29) is 4.90 Å². The van der Waals surface area contributed by atoms with Gasteiger partial charge in [0.15, 0.2) is 0 Å². The van der Waals surface area contributed by atoms with Gasteiger partial charge in [0.05, 0.1) is 10.8 Å². The number of aromatic nitrogens is 2. The average Bonchev–Trinajstić information content (AvgIpc) is 2.74. The molecule has 5 N–H and O–H groups in total. The Morgan fingerprint density at radius 3 is 2.17 bits per heavy atom. The van der Waals surface area contributed by atoms with Gasteiger partial charge in [0, 0.05) is 17.4 Å². The van der Waals surface area contributed by atoms with Crippen molar-refractivity contribution in [2.45, 2.75) is 17.7 Å². The number of hydrogen-bond acceptors (Lipinski definition) is 7. The molecule has 0 fully saturated rings. The summed E-state index contributed by atoms with van der Waals surface area (Å²) < 4.78 is 26.2. The zero-order chi connectivity index (χ0) is 21.7. The molecule has 0 saturated carbocycles. The van der Waals surface area contributed by atoms with Crippen molar-refractivity contribution < 1.29 is 13.2 Å². The fraction of sp³-hybridized carbons (Fsp3) is 0.150. The van der Waals surface area contributed by atoms with Gasteiger partial charge in [-0.25, -0.2) is 23.1 Å². The normalized spacial score (nSPS) is 12.2. The molecule has 0 saturated heterocycles. The highest BCUT2D eigenvalue weighted by Gasteiger charge is 2.13. The zero-order valence-corrected chi connectivity index (χ0v) is 17.3. The second kappa shape index (κ2) is 8.89. The van der Waals surface area contributed by atoms with Gasteiger partial charge in [-0.3, -0.25) is 4.79 Å². The molecular formula is C20H22N6O3S. The maximum absolute atomic E-state index is 12.0. The SMILES string of the molecule is CNS(=O)(=O)c1cccc(Nc2cc(Nc3cccc(C(C)C(N)=O)c3)ncn2)c1. The molecule has 30 heavy (non-hydrogen) atoms. The van der Waals surface area contributed by atoms with Crippen LogP contribution in [0.4, 0.5) is 23.0 Å². The van der Waals surface area contributed by atoms with Gasteiger partial charge in [-0.2, -0.15) is 0 Å². The first-order chi connectivity index (χ1) is 14.3. The molecule has 2 aromatic carbocycles. The third-order valence-corrected chi connectivity index (χ3v) is 5.85. The van der Waals surface area contributed by atoms with Gasteiger partial charge >= 0.3 is 0 Å². The van der Waals surface area contributed by atoms with Crippen molar-refractivity contribution in [3.63, 3.8) is 0 Å². The van der Waals surface area contributed by atoms with Crippen LogP contribution in [-0.4, -0.2) is 31.3 Å². The summed E-state index contributed by atoms with van der Waals surface area (Å²) in [5.41, 5.74) is 7.48. The Balaban J connectivity index is 1.79. The van der Waals surface area contributed by atoms with E-state index in [9.17, 15) is 13.2 Å². The number of carbonyl (C=O) groups excluding carboxylic acids is 1. The maximum atomic E-state index is 12.0. The van der Waals surface area contributed by atoms with Gasteiger partial charge in [-0.1, -0.05) is 18.2 Å². The molecule has 3 aromatic rings. The van der Waals surface area contributed by atoms with Crippen LogP contribution in [0.3, 0.4) is 0 Å². The summed E-state index contributed by atoms with van der Waals surface area (Å²) in [4.78, 5) is 19.9. The Morgan fingerprint density at radius 1 is 0.967 bits per heavy atom. The van der Waals surface area contributed by atoms with Crippen LogP contribution in [0.2, 0.25) is 0 Å². The van der Waals surface area contributed by atoms with Crippen molar-refractivity contribution in [1.82, 2.24) is 14.7 Å². The smallest absolute Gasteiger partial charge is 0.240 e. The third-order valence-electron chi connectivity index (χ3n) is 4.44. The van der Waals surface area contributed by atoms with Crippen molar-refractivity contribution in [2.24, 2.45) is 5.73 Å². The van der Waals surface area contributed by atoms with Crippen molar-refractivity contribution in [3.05, 3.63) is 66.5 Å². The lowest BCUT2D eigenvalue weighted by atomic mass is 10.0. The van der Waals surface area contributed by atoms with Crippen LogP contribution in [0, 0.1) is 0 Å². The van der Waals surface area contributed by atoms with Gasteiger partial charge in [-0.05, 0) is 49.9 Å². The Morgan fingerprint density at radius 2 is 1.57 bits per heavy atom. The molecule has 3 rings (SSSR count). The highest BCUT2D eigenvalue weighted by molar-refractivity contribution is 7.89. The minimum atomic E-state index is -3.55. The maximum Gasteiger partial charge on any atom is 0.240 e. The Kier molecular flexibility index (Phi) is 6.28. The topological polar surface area (TPSA) is 139 Å². The molecule has 1 aromatic heterocycles. The lowest BCUT2D eigenvalue weighted by Gasteiger charge is -2.12. The number of hydrogen-bond donors (Lipinski definition) is 4. The minimum Gasteiger partial charge on any atom is -0.369 e. The van der Waals surface area contributed by atoms with Crippen molar-refractivity contribution in [2.75, 3.05) is 17.7 Å². The summed E-state index contributed by atoms with van der Waals surface area (Å²) in [5, 5.41) is 6.23. The minimum absolute atomic E-state index is 0.141. The van der Waals surface area contributed by atoms with Crippen molar-refractivity contribution >= 4 is 38.9 Å². The Bertz CT molecular complexity index is 1170. The van der Waals surface area contributed by atoms with E-state index in [2.05, 4.69) is 25.3 Å². The molecular weight excluding hydrogens is 404 g/mol. The van der Waals surface area contributed by atoms with Gasteiger partial charge < -0.3 is 16.4 Å². The first kappa shape index (κ1) is 21.2. The molecule has 0 radical (unpaired) electrons. The first-order valence-electron chi connectivity index (χ1n) is 9.07. The standard InChI is InChI=1S/C20H22N6O3S/c1-13(20(21)27)14-5-3-6-15(9-14)25-18-11-19(24-12-23-18)26-16-7-4-8-17(10-16)30(28,29)22-2/h3-13,22H,1-2H3,(H2,21,27)(H2,23,24,25,26). The van der Waals surface area contributed by atoms with Gasteiger partial charge in [0.2, 0.25) is 15.9 Å². The van der Waals surface area contributed by atoms with Crippen LogP contribution in [-0.2, 0) is 14.8 Å². The number of amides is 1. The van der Waals surface area contributed by atoms with Crippen LogP contribution in [0.5, 0.6) is 0 Å². The number of anilines is 4. The number of primary amides is 1. The first-order valence-corrected chi connectivity index (χ1v) is 10.6. The Labute approximate surface area is 174 Å². The van der Waals surface area contributed by atoms with Crippen LogP contribution >= 0.6 is 0 Å². The summed E-state index contributed by atoms with van der Waals surface area (Å²) in [6.45, 7) is 1.75. The molecule has 0 aliphatic heterocycles. The van der Waals surface area contributed by atoms with E-state index in [1.54, 1.807) is 25.1 Å². The number of carbonyl (C=O) groups is 1. The number of nitrogens with one attached hydrogen (secondary N) is 3. The fourth-order valence-electron chi connectivity index (χ4n) is 2.70. The zero-order valence-electron chi connectivity index (χ0n) is 16.5. The van der Waals surface area contributed by atoms with Gasteiger partial charge in [0.1, 0.15) is 18.0 Å². The van der Waals surface area contributed by atoms with E-state index in [0.717, 1.165) is 11.3 Å². The molecule has 1 heterocycles. The van der Waals surface area contributed by atoms with Crippen molar-refractivity contribution in [1.29, 1.82) is 0 Å². The largest absolute Gasteiger partial charge is 0.369 e. The number of nitrogens with zero attached hydrogens (tertiary/aromatic N) is 2. The van der Waals surface area contributed by atoms with E-state index in [4.69, 9.17) is 5.73 Å². The molecule has 1 unspecified atom stereocenters. The van der Waals surface area contributed by atoms with E-state index >= 15 is 0 Å². The molecule has 0 spiro atoms. The average molecular weight is 427 g/mol. The number of sulfonamides is 1. The second-order valence-corrected chi connectivity index (χ2v) is 8.41. The van der Waals surface area contributed by atoms with Crippen LogP contribution < -0.4 is 21.1 Å². The summed E-state index contributed by atoms with van der Waals surface area (Å²) in [5.74, 6) is 0.197. The predicted molar refractivity (Wildman–Crippen MR) is 115 cm³/mol. The number of nitrogens with two attached hydrogens (primary N) is 1. The third kappa shape index (κ3) is 5.10. The molecule has 1 atom stereocenters. The highest BCUT2D eigenvalue weighted by Crippen LogP contribution is 2.23. The summed E-state index contributed by atoms with van der Waals surface area (Å²) in [6, 6.07) is 15.4. The fourth-order valence-corrected chi connectivity index (χ4v) is 3.47.